The third-order valence-electron chi connectivity index (χ3n) is 3.55. The standard InChI is InChI=1S/C18H17BrN4O4S/c1-11(26-13-5-2-4-12(19)10-13)16(24)20-7-8-21-17(25)18-22-15(23-27-18)14-6-3-9-28-14/h2-6,9-11H,7-8H2,1H3,(H,20,24)(H,21,25). The summed E-state index contributed by atoms with van der Waals surface area (Å²) < 4.78 is 11.4. The van der Waals surface area contributed by atoms with Crippen LogP contribution in [0.5, 0.6) is 5.75 Å². The maximum Gasteiger partial charge on any atom is 0.316 e. The maximum absolute atomic E-state index is 12.1. The van der Waals surface area contributed by atoms with Crippen molar-refractivity contribution in [3.8, 4) is 16.5 Å². The van der Waals surface area contributed by atoms with Gasteiger partial charge in [0, 0.05) is 17.6 Å². The Kier molecular flexibility index (Phi) is 6.77. The molecule has 2 aromatic heterocycles. The normalized spacial score (nSPS) is 11.6. The first-order valence-electron chi connectivity index (χ1n) is 8.38. The lowest BCUT2D eigenvalue weighted by molar-refractivity contribution is -0.127. The summed E-state index contributed by atoms with van der Waals surface area (Å²) in [6, 6.07) is 10.9. The Balaban J connectivity index is 1.40. The number of rotatable bonds is 8. The summed E-state index contributed by atoms with van der Waals surface area (Å²) in [4.78, 5) is 29.0. The molecule has 0 aliphatic rings. The number of nitrogens with zero attached hydrogens (tertiary/aromatic N) is 2. The minimum atomic E-state index is -0.672. The maximum atomic E-state index is 12.1. The molecule has 0 aliphatic heterocycles. The molecule has 2 amide bonds. The van der Waals surface area contributed by atoms with Gasteiger partial charge in [-0.05, 0) is 36.6 Å². The van der Waals surface area contributed by atoms with Crippen molar-refractivity contribution in [1.29, 1.82) is 0 Å². The predicted octanol–water partition coefficient (Wildman–Crippen LogP) is 2.87. The second-order valence-electron chi connectivity index (χ2n) is 5.66. The molecule has 0 saturated heterocycles. The van der Waals surface area contributed by atoms with Gasteiger partial charge in [-0.3, -0.25) is 9.59 Å². The van der Waals surface area contributed by atoms with Gasteiger partial charge < -0.3 is 19.9 Å². The highest BCUT2D eigenvalue weighted by molar-refractivity contribution is 9.10. The number of carbonyl (C=O) groups is 2. The summed E-state index contributed by atoms with van der Waals surface area (Å²) in [5.74, 6) is 0.0475. The molecule has 2 heterocycles. The first-order valence-corrected chi connectivity index (χ1v) is 10.1. The Bertz CT molecular complexity index is 945. The summed E-state index contributed by atoms with van der Waals surface area (Å²) in [6.45, 7) is 2.10. The molecular formula is C18H17BrN4O4S. The smallest absolute Gasteiger partial charge is 0.316 e. The topological polar surface area (TPSA) is 106 Å². The molecule has 2 N–H and O–H groups in total. The Morgan fingerprint density at radius 1 is 1.25 bits per heavy atom. The van der Waals surface area contributed by atoms with E-state index < -0.39 is 12.0 Å². The Labute approximate surface area is 173 Å². The van der Waals surface area contributed by atoms with Gasteiger partial charge in [-0.25, -0.2) is 0 Å². The fourth-order valence-electron chi connectivity index (χ4n) is 2.20. The number of hydrogen-bond acceptors (Lipinski definition) is 7. The van der Waals surface area contributed by atoms with E-state index in [0.717, 1.165) is 9.35 Å². The zero-order valence-electron chi connectivity index (χ0n) is 14.8. The van der Waals surface area contributed by atoms with Crippen molar-refractivity contribution in [2.45, 2.75) is 13.0 Å². The SMILES string of the molecule is CC(Oc1cccc(Br)c1)C(=O)NCCNC(=O)c1nc(-c2cccs2)no1. The van der Waals surface area contributed by atoms with Crippen LogP contribution in [0, 0.1) is 0 Å². The number of ether oxygens (including phenoxy) is 1. The van der Waals surface area contributed by atoms with E-state index in [2.05, 4.69) is 36.7 Å². The first-order chi connectivity index (χ1) is 13.5. The number of nitrogens with one attached hydrogen (secondary N) is 2. The van der Waals surface area contributed by atoms with Gasteiger partial charge in [0.25, 0.3) is 5.91 Å². The van der Waals surface area contributed by atoms with Crippen molar-refractivity contribution in [3.05, 3.63) is 52.1 Å². The molecule has 0 saturated carbocycles. The van der Waals surface area contributed by atoms with Gasteiger partial charge in [0.1, 0.15) is 5.75 Å². The molecule has 1 unspecified atom stereocenters. The van der Waals surface area contributed by atoms with Gasteiger partial charge in [-0.2, -0.15) is 4.98 Å². The third-order valence-corrected chi connectivity index (χ3v) is 4.91. The van der Waals surface area contributed by atoms with Gasteiger partial charge >= 0.3 is 11.8 Å². The highest BCUT2D eigenvalue weighted by atomic mass is 79.9. The van der Waals surface area contributed by atoms with E-state index in [1.165, 1.54) is 11.3 Å². The van der Waals surface area contributed by atoms with Crippen molar-refractivity contribution in [1.82, 2.24) is 20.8 Å². The van der Waals surface area contributed by atoms with Crippen molar-refractivity contribution >= 4 is 39.1 Å². The lowest BCUT2D eigenvalue weighted by Crippen LogP contribution is -2.40. The van der Waals surface area contributed by atoms with Gasteiger partial charge in [0.2, 0.25) is 5.82 Å². The average molecular weight is 465 g/mol. The quantitative estimate of drug-likeness (QED) is 0.496. The summed E-state index contributed by atoms with van der Waals surface area (Å²) in [5, 5.41) is 11.0. The van der Waals surface area contributed by atoms with Gasteiger partial charge in [-0.1, -0.05) is 33.2 Å². The molecule has 8 nitrogen and oxygen atoms in total. The minimum absolute atomic E-state index is 0.124. The summed E-state index contributed by atoms with van der Waals surface area (Å²) in [5.41, 5.74) is 0. The number of aromatic nitrogens is 2. The number of carbonyl (C=O) groups excluding carboxylic acids is 2. The molecule has 3 rings (SSSR count). The van der Waals surface area contributed by atoms with E-state index >= 15 is 0 Å². The Hall–Kier alpha value is -2.72. The monoisotopic (exact) mass is 464 g/mol. The van der Waals surface area contributed by atoms with Crippen LogP contribution >= 0.6 is 27.3 Å². The van der Waals surface area contributed by atoms with E-state index in [9.17, 15) is 9.59 Å². The molecule has 1 aromatic carbocycles. The Morgan fingerprint density at radius 3 is 2.82 bits per heavy atom. The van der Waals surface area contributed by atoms with Crippen LogP contribution in [-0.2, 0) is 4.79 Å². The van der Waals surface area contributed by atoms with Crippen LogP contribution in [0.15, 0.2) is 50.8 Å². The largest absolute Gasteiger partial charge is 0.481 e. The van der Waals surface area contributed by atoms with E-state index in [4.69, 9.17) is 9.26 Å². The molecule has 0 fully saturated rings. The molecule has 146 valence electrons. The Morgan fingerprint density at radius 2 is 2.07 bits per heavy atom. The lowest BCUT2D eigenvalue weighted by atomic mass is 10.3. The molecule has 0 bridgehead atoms. The molecular weight excluding hydrogens is 448 g/mol. The zero-order valence-corrected chi connectivity index (χ0v) is 17.2. The number of halogens is 1. The van der Waals surface area contributed by atoms with Gasteiger partial charge in [-0.15, -0.1) is 11.3 Å². The second kappa shape index (κ2) is 9.47. The molecule has 28 heavy (non-hydrogen) atoms. The predicted molar refractivity (Wildman–Crippen MR) is 107 cm³/mol. The van der Waals surface area contributed by atoms with Gasteiger partial charge in [0.15, 0.2) is 6.10 Å². The van der Waals surface area contributed by atoms with Crippen LogP contribution in [0.2, 0.25) is 0 Å². The summed E-state index contributed by atoms with van der Waals surface area (Å²) >= 11 is 4.80. The van der Waals surface area contributed by atoms with Crippen molar-refractivity contribution in [3.63, 3.8) is 0 Å². The fraction of sp³-hybridized carbons (Fsp3) is 0.222. The minimum Gasteiger partial charge on any atom is -0.481 e. The van der Waals surface area contributed by atoms with Gasteiger partial charge in [0.05, 0.1) is 4.88 Å². The highest BCUT2D eigenvalue weighted by Crippen LogP contribution is 2.21. The molecule has 0 spiro atoms. The van der Waals surface area contributed by atoms with Crippen LogP contribution in [0.25, 0.3) is 10.7 Å². The number of hydrogen-bond donors (Lipinski definition) is 2. The van der Waals surface area contributed by atoms with Crippen LogP contribution in [0.4, 0.5) is 0 Å². The molecule has 0 radical (unpaired) electrons. The van der Waals surface area contributed by atoms with Crippen LogP contribution in [0.1, 0.15) is 17.6 Å². The molecule has 10 heteroatoms. The summed E-state index contributed by atoms with van der Waals surface area (Å²) in [7, 11) is 0. The summed E-state index contributed by atoms with van der Waals surface area (Å²) in [6.07, 6.45) is -0.672. The first kappa shape index (κ1) is 20.0. The van der Waals surface area contributed by atoms with Crippen molar-refractivity contribution < 1.29 is 18.8 Å². The number of amides is 2. The lowest BCUT2D eigenvalue weighted by Gasteiger charge is -2.15. The molecule has 1 atom stereocenters. The average Bonchev–Trinajstić information content (AvgIpc) is 3.36. The van der Waals surface area contributed by atoms with Crippen molar-refractivity contribution in [2.75, 3.05) is 13.1 Å². The van der Waals surface area contributed by atoms with Crippen LogP contribution in [-0.4, -0.2) is 41.1 Å². The van der Waals surface area contributed by atoms with Crippen LogP contribution < -0.4 is 15.4 Å². The number of thiophene rings is 1. The fourth-order valence-corrected chi connectivity index (χ4v) is 3.23. The number of benzene rings is 1. The van der Waals surface area contributed by atoms with E-state index in [1.807, 2.05) is 29.6 Å². The van der Waals surface area contributed by atoms with Crippen molar-refractivity contribution in [2.24, 2.45) is 0 Å². The zero-order chi connectivity index (χ0) is 19.9. The van der Waals surface area contributed by atoms with E-state index in [0.29, 0.717) is 11.6 Å². The third kappa shape index (κ3) is 5.40. The van der Waals surface area contributed by atoms with Crippen LogP contribution in [0.3, 0.4) is 0 Å². The second-order valence-corrected chi connectivity index (χ2v) is 7.53. The molecule has 0 aliphatic carbocycles. The van der Waals surface area contributed by atoms with E-state index in [-0.39, 0.29) is 24.9 Å². The highest BCUT2D eigenvalue weighted by Gasteiger charge is 2.17. The van der Waals surface area contributed by atoms with E-state index in [1.54, 1.807) is 19.1 Å². The molecule has 3 aromatic rings.